The second kappa shape index (κ2) is 6.11. The van der Waals surface area contributed by atoms with Crippen LogP contribution in [0, 0.1) is 0 Å². The van der Waals surface area contributed by atoms with Crippen molar-refractivity contribution in [3.63, 3.8) is 0 Å². The molecule has 1 aliphatic rings. The Kier molecular flexibility index (Phi) is 4.81. The van der Waals surface area contributed by atoms with Gasteiger partial charge < -0.3 is 10.1 Å². The van der Waals surface area contributed by atoms with E-state index in [2.05, 4.69) is 30.7 Å². The molecule has 0 radical (unpaired) electrons. The third-order valence-corrected chi connectivity index (χ3v) is 4.86. The maximum Gasteiger partial charge on any atom is 0.573 e. The van der Waals surface area contributed by atoms with Crippen molar-refractivity contribution in [1.29, 1.82) is 0 Å². The fraction of sp³-hybridized carbons (Fsp3) is 0.455. The lowest BCUT2D eigenvalue weighted by atomic mass is 10.3. The first-order valence-electron chi connectivity index (χ1n) is 5.96. The fourth-order valence-corrected chi connectivity index (χ4v) is 3.67. The lowest BCUT2D eigenvalue weighted by Crippen LogP contribution is -2.36. The Labute approximate surface area is 128 Å². The van der Waals surface area contributed by atoms with Gasteiger partial charge in [-0.15, -0.1) is 13.2 Å². The molecule has 1 heterocycles. The van der Waals surface area contributed by atoms with Gasteiger partial charge >= 0.3 is 6.36 Å². The molecule has 2 N–H and O–H groups in total. The van der Waals surface area contributed by atoms with Crippen LogP contribution in [0.4, 0.5) is 13.2 Å². The molecular formula is C11H12BrF3N2O3S. The number of sulfonamides is 1. The van der Waals surface area contributed by atoms with E-state index in [-0.39, 0.29) is 10.5 Å². The molecule has 1 fully saturated rings. The van der Waals surface area contributed by atoms with Crippen LogP contribution in [0.5, 0.6) is 5.75 Å². The quantitative estimate of drug-likeness (QED) is 0.827. The van der Waals surface area contributed by atoms with E-state index in [9.17, 15) is 21.6 Å². The highest BCUT2D eigenvalue weighted by atomic mass is 79.9. The van der Waals surface area contributed by atoms with E-state index in [0.717, 1.165) is 12.1 Å². The molecule has 118 valence electrons. The van der Waals surface area contributed by atoms with Crippen molar-refractivity contribution in [2.75, 3.05) is 13.1 Å². The zero-order chi connectivity index (χ0) is 15.7. The molecule has 0 bridgehead atoms. The smallest absolute Gasteiger partial charge is 0.404 e. The molecule has 1 aliphatic heterocycles. The van der Waals surface area contributed by atoms with Gasteiger partial charge in [-0.05, 0) is 31.2 Å². The molecule has 1 unspecified atom stereocenters. The van der Waals surface area contributed by atoms with Gasteiger partial charge in [0.2, 0.25) is 10.0 Å². The largest absolute Gasteiger partial charge is 0.573 e. The molecule has 1 aromatic carbocycles. The van der Waals surface area contributed by atoms with E-state index in [4.69, 9.17) is 0 Å². The minimum absolute atomic E-state index is 0.281. The van der Waals surface area contributed by atoms with E-state index in [0.29, 0.717) is 19.5 Å². The molecule has 5 nitrogen and oxygen atoms in total. The average Bonchev–Trinajstić information content (AvgIpc) is 2.78. The van der Waals surface area contributed by atoms with Crippen LogP contribution in [0.15, 0.2) is 27.6 Å². The normalized spacial score (nSPS) is 19.7. The van der Waals surface area contributed by atoms with Crippen molar-refractivity contribution in [1.82, 2.24) is 10.0 Å². The molecular weight excluding hydrogens is 377 g/mol. The third kappa shape index (κ3) is 4.56. The highest BCUT2D eigenvalue weighted by Crippen LogP contribution is 2.32. The van der Waals surface area contributed by atoms with Gasteiger partial charge in [0, 0.05) is 17.1 Å². The van der Waals surface area contributed by atoms with Gasteiger partial charge in [-0.1, -0.05) is 15.9 Å². The summed E-state index contributed by atoms with van der Waals surface area (Å²) in [7, 11) is -4.10. The maximum absolute atomic E-state index is 12.4. The number of ether oxygens (including phenoxy) is 1. The minimum atomic E-state index is -4.97. The number of alkyl halides is 3. The number of rotatable bonds is 4. The Morgan fingerprint density at radius 3 is 2.67 bits per heavy atom. The van der Waals surface area contributed by atoms with Gasteiger partial charge in [0.05, 0.1) is 0 Å². The van der Waals surface area contributed by atoms with Crippen molar-refractivity contribution in [3.8, 4) is 5.75 Å². The first kappa shape index (κ1) is 16.5. The van der Waals surface area contributed by atoms with E-state index in [1.54, 1.807) is 0 Å². The molecule has 1 aromatic rings. The second-order valence-electron chi connectivity index (χ2n) is 4.45. The van der Waals surface area contributed by atoms with Gasteiger partial charge in [-0.3, -0.25) is 0 Å². The van der Waals surface area contributed by atoms with Crippen molar-refractivity contribution in [3.05, 3.63) is 22.7 Å². The predicted octanol–water partition coefficient (Wildman–Crippen LogP) is 1.99. The molecule has 1 saturated heterocycles. The summed E-state index contributed by atoms with van der Waals surface area (Å²) in [5.74, 6) is -0.768. The first-order valence-corrected chi connectivity index (χ1v) is 8.23. The van der Waals surface area contributed by atoms with Crippen LogP contribution >= 0.6 is 15.9 Å². The SMILES string of the molecule is O=S(=O)(NC1CCNC1)c1ccc(Br)cc1OC(F)(F)F. The van der Waals surface area contributed by atoms with Gasteiger partial charge in [0.1, 0.15) is 4.90 Å². The van der Waals surface area contributed by atoms with Gasteiger partial charge in [0.25, 0.3) is 0 Å². The zero-order valence-electron chi connectivity index (χ0n) is 10.6. The van der Waals surface area contributed by atoms with Gasteiger partial charge in [-0.25, -0.2) is 13.1 Å². The Hall–Kier alpha value is -0.840. The minimum Gasteiger partial charge on any atom is -0.404 e. The van der Waals surface area contributed by atoms with Crippen LogP contribution in [0.25, 0.3) is 0 Å². The number of halogens is 4. The van der Waals surface area contributed by atoms with Crippen LogP contribution in [0.1, 0.15) is 6.42 Å². The summed E-state index contributed by atoms with van der Waals surface area (Å²) in [6.07, 6.45) is -4.40. The Balaban J connectivity index is 2.32. The molecule has 0 spiro atoms. The van der Waals surface area contributed by atoms with Crippen LogP contribution in [0.3, 0.4) is 0 Å². The summed E-state index contributed by atoms with van der Waals surface area (Å²) in [5, 5.41) is 2.96. The predicted molar refractivity (Wildman–Crippen MR) is 72.4 cm³/mol. The lowest BCUT2D eigenvalue weighted by Gasteiger charge is -2.16. The van der Waals surface area contributed by atoms with E-state index >= 15 is 0 Å². The maximum atomic E-state index is 12.4. The summed E-state index contributed by atoms with van der Waals surface area (Å²) in [5.41, 5.74) is 0. The van der Waals surface area contributed by atoms with Crippen molar-refractivity contribution in [2.45, 2.75) is 23.7 Å². The molecule has 0 aromatic heterocycles. The summed E-state index contributed by atoms with van der Waals surface area (Å²) in [6.45, 7) is 1.09. The Bertz CT molecular complexity index is 616. The summed E-state index contributed by atoms with van der Waals surface area (Å²) in [6, 6.07) is 3.02. The topological polar surface area (TPSA) is 67.4 Å². The van der Waals surface area contributed by atoms with E-state index < -0.39 is 27.0 Å². The molecule has 0 amide bonds. The van der Waals surface area contributed by atoms with Gasteiger partial charge in [-0.2, -0.15) is 0 Å². The van der Waals surface area contributed by atoms with Gasteiger partial charge in [0.15, 0.2) is 5.75 Å². The number of benzene rings is 1. The number of hydrogen-bond donors (Lipinski definition) is 2. The zero-order valence-corrected chi connectivity index (χ0v) is 13.0. The molecule has 1 atom stereocenters. The van der Waals surface area contributed by atoms with E-state index in [1.165, 1.54) is 6.07 Å². The number of nitrogens with one attached hydrogen (secondary N) is 2. The summed E-state index contributed by atoms with van der Waals surface area (Å²) in [4.78, 5) is -0.546. The first-order chi connectivity index (χ1) is 9.67. The van der Waals surface area contributed by atoms with E-state index in [1.807, 2.05) is 0 Å². The Morgan fingerprint density at radius 1 is 1.38 bits per heavy atom. The summed E-state index contributed by atoms with van der Waals surface area (Å²) >= 11 is 2.99. The number of hydrogen-bond acceptors (Lipinski definition) is 4. The van der Waals surface area contributed by atoms with Crippen LogP contribution in [-0.4, -0.2) is 33.9 Å². The average molecular weight is 389 g/mol. The Morgan fingerprint density at radius 2 is 2.10 bits per heavy atom. The highest BCUT2D eigenvalue weighted by Gasteiger charge is 2.35. The van der Waals surface area contributed by atoms with Crippen molar-refractivity contribution >= 4 is 26.0 Å². The van der Waals surface area contributed by atoms with Crippen molar-refractivity contribution in [2.24, 2.45) is 0 Å². The molecule has 2 rings (SSSR count). The van der Waals surface area contributed by atoms with Crippen LogP contribution < -0.4 is 14.8 Å². The van der Waals surface area contributed by atoms with Crippen LogP contribution in [-0.2, 0) is 10.0 Å². The summed E-state index contributed by atoms with van der Waals surface area (Å²) < 4.78 is 68.0. The molecule has 21 heavy (non-hydrogen) atoms. The second-order valence-corrected chi connectivity index (χ2v) is 7.05. The fourth-order valence-electron chi connectivity index (χ4n) is 1.95. The van der Waals surface area contributed by atoms with Crippen LogP contribution in [0.2, 0.25) is 0 Å². The monoisotopic (exact) mass is 388 g/mol. The standard InChI is InChI=1S/C11H12BrF3N2O3S/c12-7-1-2-10(9(5-7)20-11(13,14)15)21(18,19)17-8-3-4-16-6-8/h1-2,5,8,16-17H,3-4,6H2. The molecule has 10 heteroatoms. The lowest BCUT2D eigenvalue weighted by molar-refractivity contribution is -0.275. The van der Waals surface area contributed by atoms with Crippen molar-refractivity contribution < 1.29 is 26.3 Å². The molecule has 0 saturated carbocycles. The third-order valence-electron chi connectivity index (χ3n) is 2.80. The molecule has 0 aliphatic carbocycles. The highest BCUT2D eigenvalue weighted by molar-refractivity contribution is 9.10.